The van der Waals surface area contributed by atoms with E-state index < -0.39 is 0 Å². The molecule has 0 spiro atoms. The van der Waals surface area contributed by atoms with E-state index in [0.717, 1.165) is 20.9 Å². The van der Waals surface area contributed by atoms with Gasteiger partial charge in [0.25, 0.3) is 0 Å². The van der Waals surface area contributed by atoms with E-state index >= 15 is 0 Å². The van der Waals surface area contributed by atoms with E-state index in [-0.39, 0.29) is 11.9 Å². The predicted octanol–water partition coefficient (Wildman–Crippen LogP) is 4.92. The van der Waals surface area contributed by atoms with Crippen molar-refractivity contribution in [1.29, 1.82) is 0 Å². The maximum Gasteiger partial charge on any atom is 0.123 e. The minimum Gasteiger partial charge on any atom is -0.312 e. The second kappa shape index (κ2) is 6.28. The summed E-state index contributed by atoms with van der Waals surface area (Å²) in [4.78, 5) is 1.23. The van der Waals surface area contributed by atoms with Crippen LogP contribution in [0.1, 0.15) is 16.5 Å². The van der Waals surface area contributed by atoms with Gasteiger partial charge in [-0.15, -0.1) is 11.3 Å². The van der Waals surface area contributed by atoms with Gasteiger partial charge in [0.1, 0.15) is 5.82 Å². The molecule has 1 atom stereocenters. The minimum atomic E-state index is -0.201. The molecule has 1 heterocycles. The Morgan fingerprint density at radius 3 is 2.67 bits per heavy atom. The largest absolute Gasteiger partial charge is 0.312 e. The molecule has 1 nitrogen and oxygen atoms in total. The summed E-state index contributed by atoms with van der Waals surface area (Å²) in [5, 5.41) is 5.32. The van der Waals surface area contributed by atoms with Crippen molar-refractivity contribution < 1.29 is 4.39 Å². The summed E-state index contributed by atoms with van der Waals surface area (Å²) in [6, 6.07) is 7.00. The summed E-state index contributed by atoms with van der Waals surface area (Å²) in [5.41, 5.74) is 0.967. The van der Waals surface area contributed by atoms with Crippen molar-refractivity contribution in [3.05, 3.63) is 54.8 Å². The Balaban J connectivity index is 2.26. The van der Waals surface area contributed by atoms with Gasteiger partial charge in [0.2, 0.25) is 0 Å². The molecule has 0 saturated carbocycles. The Hall–Kier alpha value is -0.230. The Bertz CT molecular complexity index is 542. The first kappa shape index (κ1) is 14.2. The molecule has 0 aliphatic carbocycles. The smallest absolute Gasteiger partial charge is 0.123 e. The molecule has 2 aromatic rings. The van der Waals surface area contributed by atoms with Gasteiger partial charge < -0.3 is 5.32 Å². The molecule has 1 aromatic heterocycles. The van der Waals surface area contributed by atoms with E-state index in [1.54, 1.807) is 23.5 Å². The fourth-order valence-corrected chi connectivity index (χ4v) is 3.97. The lowest BCUT2D eigenvalue weighted by Crippen LogP contribution is -2.18. The average Bonchev–Trinajstić information content (AvgIpc) is 2.77. The normalized spacial score (nSPS) is 12.7. The van der Waals surface area contributed by atoms with Crippen LogP contribution in [0.2, 0.25) is 0 Å². The fraction of sp³-hybridized carbons (Fsp3) is 0.231. The summed E-state index contributed by atoms with van der Waals surface area (Å²) < 4.78 is 15.3. The molecule has 96 valence electrons. The third-order valence-corrected chi connectivity index (χ3v) is 5.50. The lowest BCUT2D eigenvalue weighted by molar-refractivity contribution is 0.589. The van der Waals surface area contributed by atoms with Crippen LogP contribution in [0.25, 0.3) is 0 Å². The van der Waals surface area contributed by atoms with Crippen LogP contribution in [-0.4, -0.2) is 7.05 Å². The van der Waals surface area contributed by atoms with Crippen molar-refractivity contribution in [3.63, 3.8) is 0 Å². The molecule has 0 fully saturated rings. The van der Waals surface area contributed by atoms with Crippen molar-refractivity contribution in [2.75, 3.05) is 7.05 Å². The van der Waals surface area contributed by atoms with Crippen LogP contribution < -0.4 is 5.32 Å². The van der Waals surface area contributed by atoms with Crippen molar-refractivity contribution in [3.8, 4) is 0 Å². The lowest BCUT2D eigenvalue weighted by Gasteiger charge is -2.16. The number of benzene rings is 1. The highest BCUT2D eigenvalue weighted by atomic mass is 79.9. The highest BCUT2D eigenvalue weighted by Gasteiger charge is 2.16. The Kier molecular flexibility index (Phi) is 4.95. The standard InChI is InChI=1S/C13H12Br2FNS/c1-17-12(13-11(15)4-5-18-13)7-8-6-9(16)2-3-10(8)14/h2-6,12,17H,7H2,1H3. The van der Waals surface area contributed by atoms with E-state index in [9.17, 15) is 4.39 Å². The monoisotopic (exact) mass is 391 g/mol. The van der Waals surface area contributed by atoms with Gasteiger partial charge in [-0.25, -0.2) is 4.39 Å². The van der Waals surface area contributed by atoms with Crippen molar-refractivity contribution >= 4 is 43.2 Å². The summed E-state index contributed by atoms with van der Waals surface area (Å²) in [5.74, 6) is -0.201. The van der Waals surface area contributed by atoms with Crippen LogP contribution in [0, 0.1) is 5.82 Å². The number of thiophene rings is 1. The van der Waals surface area contributed by atoms with Crippen LogP contribution in [0.3, 0.4) is 0 Å². The summed E-state index contributed by atoms with van der Waals surface area (Å²) in [7, 11) is 1.92. The molecular formula is C13H12Br2FNS. The zero-order valence-electron chi connectivity index (χ0n) is 9.71. The van der Waals surface area contributed by atoms with Crippen molar-refractivity contribution in [2.45, 2.75) is 12.5 Å². The van der Waals surface area contributed by atoms with Crippen LogP contribution in [0.15, 0.2) is 38.6 Å². The first-order valence-electron chi connectivity index (χ1n) is 5.46. The third-order valence-electron chi connectivity index (χ3n) is 2.74. The molecular weight excluding hydrogens is 381 g/mol. The highest BCUT2D eigenvalue weighted by molar-refractivity contribution is 9.10. The predicted molar refractivity (Wildman–Crippen MR) is 81.6 cm³/mol. The molecule has 0 aliphatic rings. The van der Waals surface area contributed by atoms with E-state index in [1.165, 1.54) is 10.9 Å². The van der Waals surface area contributed by atoms with Gasteiger partial charge in [-0.05, 0) is 64.6 Å². The van der Waals surface area contributed by atoms with E-state index in [2.05, 4.69) is 37.2 Å². The van der Waals surface area contributed by atoms with Gasteiger partial charge in [-0.1, -0.05) is 15.9 Å². The molecule has 5 heteroatoms. The maximum absolute atomic E-state index is 13.3. The topological polar surface area (TPSA) is 12.0 Å². The SMILES string of the molecule is CNC(Cc1cc(F)ccc1Br)c1sccc1Br. The van der Waals surface area contributed by atoms with E-state index in [0.29, 0.717) is 0 Å². The van der Waals surface area contributed by atoms with Crippen LogP contribution >= 0.6 is 43.2 Å². The van der Waals surface area contributed by atoms with Gasteiger partial charge in [-0.3, -0.25) is 0 Å². The summed E-state index contributed by atoms with van der Waals surface area (Å²) in [6.07, 6.45) is 0.744. The zero-order chi connectivity index (χ0) is 13.1. The number of hydrogen-bond acceptors (Lipinski definition) is 2. The van der Waals surface area contributed by atoms with Gasteiger partial charge >= 0.3 is 0 Å². The molecule has 0 radical (unpaired) electrons. The number of rotatable bonds is 4. The maximum atomic E-state index is 13.3. The van der Waals surface area contributed by atoms with Crippen LogP contribution in [-0.2, 0) is 6.42 Å². The second-order valence-electron chi connectivity index (χ2n) is 3.91. The van der Waals surface area contributed by atoms with Crippen LogP contribution in [0.5, 0.6) is 0 Å². The van der Waals surface area contributed by atoms with Crippen molar-refractivity contribution in [2.24, 2.45) is 0 Å². The molecule has 0 amide bonds. The Labute approximate surface area is 127 Å². The number of hydrogen-bond donors (Lipinski definition) is 1. The zero-order valence-corrected chi connectivity index (χ0v) is 13.7. The average molecular weight is 393 g/mol. The van der Waals surface area contributed by atoms with Gasteiger partial charge in [-0.2, -0.15) is 0 Å². The van der Waals surface area contributed by atoms with Gasteiger partial charge in [0.15, 0.2) is 0 Å². The molecule has 1 aromatic carbocycles. The molecule has 0 saturated heterocycles. The third kappa shape index (κ3) is 3.20. The molecule has 1 N–H and O–H groups in total. The second-order valence-corrected chi connectivity index (χ2v) is 6.57. The molecule has 1 unspecified atom stereocenters. The number of nitrogens with one attached hydrogen (secondary N) is 1. The van der Waals surface area contributed by atoms with E-state index in [4.69, 9.17) is 0 Å². The summed E-state index contributed by atoms with van der Waals surface area (Å²) in [6.45, 7) is 0. The van der Waals surface area contributed by atoms with Gasteiger partial charge in [0.05, 0.1) is 0 Å². The molecule has 18 heavy (non-hydrogen) atoms. The number of likely N-dealkylation sites (N-methyl/N-ethyl adjacent to an activating group) is 1. The Morgan fingerprint density at radius 1 is 1.28 bits per heavy atom. The molecule has 0 aliphatic heterocycles. The first-order chi connectivity index (χ1) is 8.61. The molecule has 0 bridgehead atoms. The van der Waals surface area contributed by atoms with Crippen LogP contribution in [0.4, 0.5) is 4.39 Å². The fourth-order valence-electron chi connectivity index (χ4n) is 1.80. The highest BCUT2D eigenvalue weighted by Crippen LogP contribution is 2.32. The van der Waals surface area contributed by atoms with E-state index in [1.807, 2.05) is 18.5 Å². The minimum absolute atomic E-state index is 0.178. The Morgan fingerprint density at radius 2 is 2.06 bits per heavy atom. The first-order valence-corrected chi connectivity index (χ1v) is 7.92. The number of halogens is 3. The lowest BCUT2D eigenvalue weighted by atomic mass is 10.0. The van der Waals surface area contributed by atoms with Gasteiger partial charge in [0, 0.05) is 19.9 Å². The molecule has 2 rings (SSSR count). The quantitative estimate of drug-likeness (QED) is 0.778. The van der Waals surface area contributed by atoms with Crippen molar-refractivity contribution in [1.82, 2.24) is 5.32 Å². The summed E-state index contributed by atoms with van der Waals surface area (Å²) >= 11 is 8.70.